The molecule has 1 fully saturated rings. The molecule has 2 aromatic rings. The van der Waals surface area contributed by atoms with E-state index in [2.05, 4.69) is 10.3 Å². The van der Waals surface area contributed by atoms with Crippen LogP contribution in [0.15, 0.2) is 24.3 Å². The highest BCUT2D eigenvalue weighted by molar-refractivity contribution is 6.36. The van der Waals surface area contributed by atoms with E-state index in [1.165, 1.54) is 0 Å². The first-order valence-electron chi connectivity index (χ1n) is 6.90. The van der Waals surface area contributed by atoms with E-state index in [1.54, 1.807) is 0 Å². The summed E-state index contributed by atoms with van der Waals surface area (Å²) < 4.78 is 0. The summed E-state index contributed by atoms with van der Waals surface area (Å²) in [6, 6.07) is 8.58. The SMILES string of the molecule is OC1CCC(NCc2[nH]c3ccccc3c2Cl)CC1. The van der Waals surface area contributed by atoms with E-state index in [-0.39, 0.29) is 6.10 Å². The average molecular weight is 279 g/mol. The molecule has 3 N–H and O–H groups in total. The number of hydrogen-bond acceptors (Lipinski definition) is 2. The monoisotopic (exact) mass is 278 g/mol. The molecule has 0 radical (unpaired) electrons. The Morgan fingerprint density at radius 3 is 2.68 bits per heavy atom. The van der Waals surface area contributed by atoms with E-state index < -0.39 is 0 Å². The molecule has 3 rings (SSSR count). The Hall–Kier alpha value is -1.03. The van der Waals surface area contributed by atoms with E-state index >= 15 is 0 Å². The number of rotatable bonds is 3. The summed E-state index contributed by atoms with van der Waals surface area (Å²) in [6.45, 7) is 0.758. The third kappa shape index (κ3) is 2.78. The van der Waals surface area contributed by atoms with Gasteiger partial charge in [0.2, 0.25) is 0 Å². The van der Waals surface area contributed by atoms with Gasteiger partial charge in [0, 0.05) is 29.2 Å². The maximum Gasteiger partial charge on any atom is 0.0705 e. The van der Waals surface area contributed by atoms with Crippen molar-refractivity contribution in [2.45, 2.75) is 44.4 Å². The number of aromatic amines is 1. The van der Waals surface area contributed by atoms with Gasteiger partial charge >= 0.3 is 0 Å². The molecule has 0 bridgehead atoms. The normalized spacial score (nSPS) is 23.9. The summed E-state index contributed by atoms with van der Waals surface area (Å²) in [4.78, 5) is 3.37. The summed E-state index contributed by atoms with van der Waals surface area (Å²) in [7, 11) is 0. The van der Waals surface area contributed by atoms with E-state index in [0.29, 0.717) is 6.04 Å². The summed E-state index contributed by atoms with van der Waals surface area (Å²) in [5.74, 6) is 0. The highest BCUT2D eigenvalue weighted by Crippen LogP contribution is 2.27. The summed E-state index contributed by atoms with van der Waals surface area (Å²) in [6.07, 6.45) is 3.78. The van der Waals surface area contributed by atoms with Crippen molar-refractivity contribution < 1.29 is 5.11 Å². The number of H-pyrrole nitrogens is 1. The summed E-state index contributed by atoms with van der Waals surface area (Å²) >= 11 is 6.39. The van der Waals surface area contributed by atoms with Crippen molar-refractivity contribution in [2.24, 2.45) is 0 Å². The molecule has 19 heavy (non-hydrogen) atoms. The number of fused-ring (bicyclic) bond motifs is 1. The Morgan fingerprint density at radius 2 is 1.95 bits per heavy atom. The fraction of sp³-hybridized carbons (Fsp3) is 0.467. The number of para-hydroxylation sites is 1. The average Bonchev–Trinajstić information content (AvgIpc) is 2.76. The van der Waals surface area contributed by atoms with Crippen LogP contribution in [0, 0.1) is 0 Å². The lowest BCUT2D eigenvalue weighted by Crippen LogP contribution is -2.34. The second-order valence-electron chi connectivity index (χ2n) is 5.35. The third-order valence-corrected chi connectivity index (χ3v) is 4.41. The van der Waals surface area contributed by atoms with Crippen molar-refractivity contribution >= 4 is 22.5 Å². The molecule has 1 aromatic heterocycles. The first kappa shape index (κ1) is 13.0. The number of nitrogens with one attached hydrogen (secondary N) is 2. The number of hydrogen-bond donors (Lipinski definition) is 3. The minimum Gasteiger partial charge on any atom is -0.393 e. The quantitative estimate of drug-likeness (QED) is 0.807. The van der Waals surface area contributed by atoms with E-state index in [9.17, 15) is 5.11 Å². The van der Waals surface area contributed by atoms with Crippen molar-refractivity contribution in [2.75, 3.05) is 0 Å². The molecule has 0 saturated heterocycles. The van der Waals surface area contributed by atoms with Crippen molar-refractivity contribution in [1.29, 1.82) is 0 Å². The van der Waals surface area contributed by atoms with Gasteiger partial charge in [0.1, 0.15) is 0 Å². The number of halogens is 1. The van der Waals surface area contributed by atoms with Crippen LogP contribution in [-0.4, -0.2) is 22.2 Å². The fourth-order valence-electron chi connectivity index (χ4n) is 2.81. The standard InChI is InChI=1S/C15H19ClN2O/c16-15-12-3-1-2-4-13(12)18-14(15)9-17-10-5-7-11(19)8-6-10/h1-4,10-11,17-19H,5-9H2. The molecular weight excluding hydrogens is 260 g/mol. The molecule has 1 heterocycles. The van der Waals surface area contributed by atoms with Crippen LogP contribution in [0.2, 0.25) is 5.02 Å². The second kappa shape index (κ2) is 5.53. The zero-order chi connectivity index (χ0) is 13.2. The molecule has 0 atom stereocenters. The van der Waals surface area contributed by atoms with Gasteiger partial charge in [-0.05, 0) is 31.7 Å². The van der Waals surface area contributed by atoms with Crippen LogP contribution in [0.25, 0.3) is 10.9 Å². The van der Waals surface area contributed by atoms with Gasteiger partial charge < -0.3 is 15.4 Å². The highest BCUT2D eigenvalue weighted by Gasteiger charge is 2.19. The van der Waals surface area contributed by atoms with Gasteiger partial charge in [-0.2, -0.15) is 0 Å². The first-order chi connectivity index (χ1) is 9.24. The number of benzene rings is 1. The Bertz CT molecular complexity index is 558. The van der Waals surface area contributed by atoms with E-state index in [1.807, 2.05) is 24.3 Å². The van der Waals surface area contributed by atoms with E-state index in [0.717, 1.165) is 53.8 Å². The zero-order valence-electron chi connectivity index (χ0n) is 10.8. The maximum atomic E-state index is 9.50. The minimum absolute atomic E-state index is 0.102. The molecule has 3 nitrogen and oxygen atoms in total. The van der Waals surface area contributed by atoms with Gasteiger partial charge in [0.15, 0.2) is 0 Å². The van der Waals surface area contributed by atoms with Crippen LogP contribution >= 0.6 is 11.6 Å². The fourth-order valence-corrected chi connectivity index (χ4v) is 3.09. The largest absolute Gasteiger partial charge is 0.393 e. The molecule has 4 heteroatoms. The molecule has 0 unspecified atom stereocenters. The van der Waals surface area contributed by atoms with Gasteiger partial charge in [-0.25, -0.2) is 0 Å². The molecule has 102 valence electrons. The Balaban J connectivity index is 1.67. The van der Waals surface area contributed by atoms with Crippen molar-refractivity contribution in [1.82, 2.24) is 10.3 Å². The van der Waals surface area contributed by atoms with Crippen LogP contribution in [0.5, 0.6) is 0 Å². The molecular formula is C15H19ClN2O. The van der Waals surface area contributed by atoms with Gasteiger partial charge in [-0.1, -0.05) is 29.8 Å². The Labute approximate surface area is 118 Å². The third-order valence-electron chi connectivity index (χ3n) is 3.98. The van der Waals surface area contributed by atoms with Crippen molar-refractivity contribution in [3.8, 4) is 0 Å². The Morgan fingerprint density at radius 1 is 1.21 bits per heavy atom. The lowest BCUT2D eigenvalue weighted by Gasteiger charge is -2.26. The molecule has 1 saturated carbocycles. The van der Waals surface area contributed by atoms with Crippen LogP contribution in [0.3, 0.4) is 0 Å². The molecule has 1 aliphatic carbocycles. The van der Waals surface area contributed by atoms with Gasteiger partial charge in [0.25, 0.3) is 0 Å². The topological polar surface area (TPSA) is 48.0 Å². The summed E-state index contributed by atoms with van der Waals surface area (Å²) in [5, 5.41) is 14.9. The number of aromatic nitrogens is 1. The summed E-state index contributed by atoms with van der Waals surface area (Å²) in [5.41, 5.74) is 2.14. The highest BCUT2D eigenvalue weighted by atomic mass is 35.5. The van der Waals surface area contributed by atoms with Gasteiger partial charge in [-0.3, -0.25) is 0 Å². The molecule has 0 spiro atoms. The number of aliphatic hydroxyl groups excluding tert-OH is 1. The lowest BCUT2D eigenvalue weighted by molar-refractivity contribution is 0.116. The minimum atomic E-state index is -0.102. The predicted molar refractivity (Wildman–Crippen MR) is 78.4 cm³/mol. The van der Waals surface area contributed by atoms with Crippen LogP contribution < -0.4 is 5.32 Å². The van der Waals surface area contributed by atoms with Crippen LogP contribution in [-0.2, 0) is 6.54 Å². The Kier molecular flexibility index (Phi) is 3.78. The smallest absolute Gasteiger partial charge is 0.0705 e. The van der Waals surface area contributed by atoms with Crippen molar-refractivity contribution in [3.05, 3.63) is 35.0 Å². The first-order valence-corrected chi connectivity index (χ1v) is 7.28. The predicted octanol–water partition coefficient (Wildman–Crippen LogP) is 3.21. The number of aliphatic hydroxyl groups is 1. The lowest BCUT2D eigenvalue weighted by atomic mass is 9.93. The van der Waals surface area contributed by atoms with Gasteiger partial charge in [-0.15, -0.1) is 0 Å². The van der Waals surface area contributed by atoms with Crippen LogP contribution in [0.1, 0.15) is 31.4 Å². The second-order valence-corrected chi connectivity index (χ2v) is 5.73. The van der Waals surface area contributed by atoms with E-state index in [4.69, 9.17) is 11.6 Å². The molecule has 0 amide bonds. The van der Waals surface area contributed by atoms with Crippen molar-refractivity contribution in [3.63, 3.8) is 0 Å². The maximum absolute atomic E-state index is 9.50. The van der Waals surface area contributed by atoms with Crippen LogP contribution in [0.4, 0.5) is 0 Å². The molecule has 1 aliphatic rings. The molecule has 0 aliphatic heterocycles. The molecule has 1 aromatic carbocycles. The van der Waals surface area contributed by atoms with Gasteiger partial charge in [0.05, 0.1) is 11.1 Å². The zero-order valence-corrected chi connectivity index (χ0v) is 11.6.